The van der Waals surface area contributed by atoms with Crippen molar-refractivity contribution >= 4 is 11.6 Å². The number of morpholine rings is 1. The minimum atomic E-state index is -0.502. The standard InChI is InChI=1S/C24H25FN8O2/c1-15-8-17(10-27-24(15)33-14-28-29-30-33)9-22(34)32-7-6-31-12-21(35-13-18(31)11-32)19-4-5-20(25)23(26-3)16(19)2/h4-5,8,10,14,18,21H,6-7,9,11-13H2,1-2H3/t18-,21+/m1/s1. The van der Waals surface area contributed by atoms with Gasteiger partial charge in [0.2, 0.25) is 11.6 Å². The van der Waals surface area contributed by atoms with Gasteiger partial charge < -0.3 is 9.64 Å². The number of tetrazole rings is 1. The van der Waals surface area contributed by atoms with Crippen molar-refractivity contribution in [3.63, 3.8) is 0 Å². The lowest BCUT2D eigenvalue weighted by molar-refractivity contribution is -0.139. The first-order valence-corrected chi connectivity index (χ1v) is 11.4. The van der Waals surface area contributed by atoms with Crippen LogP contribution < -0.4 is 0 Å². The molecule has 0 radical (unpaired) electrons. The molecule has 0 aliphatic carbocycles. The van der Waals surface area contributed by atoms with Crippen LogP contribution in [-0.4, -0.2) is 79.7 Å². The summed E-state index contributed by atoms with van der Waals surface area (Å²) in [6, 6.07) is 5.10. The lowest BCUT2D eigenvalue weighted by Gasteiger charge is -2.46. The summed E-state index contributed by atoms with van der Waals surface area (Å²) < 4.78 is 21.6. The Morgan fingerprint density at radius 3 is 2.89 bits per heavy atom. The highest BCUT2D eigenvalue weighted by atomic mass is 19.1. The van der Waals surface area contributed by atoms with Crippen molar-refractivity contribution in [2.75, 3.05) is 32.8 Å². The maximum atomic E-state index is 13.9. The van der Waals surface area contributed by atoms with Gasteiger partial charge in [0, 0.05) is 32.4 Å². The number of aryl methyl sites for hydroxylation is 1. The van der Waals surface area contributed by atoms with Gasteiger partial charge in [0.05, 0.1) is 31.7 Å². The van der Waals surface area contributed by atoms with Gasteiger partial charge in [-0.05, 0) is 52.6 Å². The van der Waals surface area contributed by atoms with Crippen molar-refractivity contribution in [2.24, 2.45) is 0 Å². The fourth-order valence-corrected chi connectivity index (χ4v) is 4.87. The molecule has 0 N–H and O–H groups in total. The van der Waals surface area contributed by atoms with Crippen molar-refractivity contribution in [1.82, 2.24) is 35.0 Å². The maximum Gasteiger partial charge on any atom is 0.227 e. The molecule has 5 rings (SSSR count). The lowest BCUT2D eigenvalue weighted by Crippen LogP contribution is -2.59. The third-order valence-corrected chi connectivity index (χ3v) is 6.76. The van der Waals surface area contributed by atoms with Crippen LogP contribution in [0.1, 0.15) is 28.4 Å². The van der Waals surface area contributed by atoms with Gasteiger partial charge in [0.15, 0.2) is 5.82 Å². The second-order valence-corrected chi connectivity index (χ2v) is 8.95. The molecule has 2 fully saturated rings. The Hall–Kier alpha value is -3.75. The summed E-state index contributed by atoms with van der Waals surface area (Å²) >= 11 is 0. The smallest absolute Gasteiger partial charge is 0.227 e. The van der Waals surface area contributed by atoms with E-state index in [1.54, 1.807) is 19.2 Å². The molecule has 2 aromatic heterocycles. The number of pyridine rings is 1. The van der Waals surface area contributed by atoms with E-state index >= 15 is 0 Å². The molecule has 4 heterocycles. The lowest BCUT2D eigenvalue weighted by atomic mass is 9.98. The number of carbonyl (C=O) groups is 1. The Labute approximate surface area is 202 Å². The van der Waals surface area contributed by atoms with Crippen molar-refractivity contribution in [3.05, 3.63) is 70.2 Å². The van der Waals surface area contributed by atoms with Gasteiger partial charge in [0.1, 0.15) is 12.1 Å². The van der Waals surface area contributed by atoms with E-state index in [0.29, 0.717) is 37.6 Å². The number of aromatic nitrogens is 5. The monoisotopic (exact) mass is 476 g/mol. The van der Waals surface area contributed by atoms with Crippen LogP contribution in [0.25, 0.3) is 10.7 Å². The number of hydrogen-bond acceptors (Lipinski definition) is 7. The molecule has 1 amide bonds. The summed E-state index contributed by atoms with van der Waals surface area (Å²) in [7, 11) is 0. The summed E-state index contributed by atoms with van der Waals surface area (Å²) in [4.78, 5) is 25.0. The highest BCUT2D eigenvalue weighted by molar-refractivity contribution is 5.79. The van der Waals surface area contributed by atoms with Crippen molar-refractivity contribution in [2.45, 2.75) is 32.4 Å². The van der Waals surface area contributed by atoms with Gasteiger partial charge in [0.25, 0.3) is 0 Å². The molecule has 3 aromatic rings. The molecule has 2 saturated heterocycles. The number of nitrogens with zero attached hydrogens (tertiary/aromatic N) is 8. The van der Waals surface area contributed by atoms with Crippen LogP contribution in [-0.2, 0) is 16.0 Å². The van der Waals surface area contributed by atoms with Crippen LogP contribution in [0.3, 0.4) is 0 Å². The first-order valence-electron chi connectivity index (χ1n) is 11.4. The average molecular weight is 477 g/mol. The zero-order valence-corrected chi connectivity index (χ0v) is 19.6. The van der Waals surface area contributed by atoms with Gasteiger partial charge in [-0.2, -0.15) is 4.68 Å². The van der Waals surface area contributed by atoms with E-state index in [1.807, 2.05) is 17.9 Å². The van der Waals surface area contributed by atoms with E-state index in [1.165, 1.54) is 17.1 Å². The second kappa shape index (κ2) is 9.48. The molecule has 2 atom stereocenters. The molecular formula is C24H25FN8O2. The van der Waals surface area contributed by atoms with Crippen LogP contribution in [0.2, 0.25) is 0 Å². The molecule has 2 aliphatic heterocycles. The Balaban J connectivity index is 1.21. The highest BCUT2D eigenvalue weighted by Crippen LogP contribution is 2.34. The first kappa shape index (κ1) is 23.0. The van der Waals surface area contributed by atoms with E-state index in [9.17, 15) is 9.18 Å². The minimum Gasteiger partial charge on any atom is -0.371 e. The summed E-state index contributed by atoms with van der Waals surface area (Å²) in [5.41, 5.74) is 3.26. The number of ether oxygens (including phenoxy) is 1. The third kappa shape index (κ3) is 4.50. The first-order chi connectivity index (χ1) is 16.9. The Kier molecular flexibility index (Phi) is 6.23. The molecular weight excluding hydrogens is 451 g/mol. The summed E-state index contributed by atoms with van der Waals surface area (Å²) in [6.07, 6.45) is 3.22. The number of carbonyl (C=O) groups excluding carboxylic acids is 1. The van der Waals surface area contributed by atoms with E-state index in [-0.39, 0.29) is 30.2 Å². The summed E-state index contributed by atoms with van der Waals surface area (Å²) in [5.74, 6) is 0.186. The van der Waals surface area contributed by atoms with E-state index in [4.69, 9.17) is 11.3 Å². The van der Waals surface area contributed by atoms with Gasteiger partial charge >= 0.3 is 0 Å². The van der Waals surface area contributed by atoms with Crippen molar-refractivity contribution in [3.8, 4) is 5.82 Å². The van der Waals surface area contributed by atoms with E-state index in [2.05, 4.69) is 30.3 Å². The predicted octanol–water partition coefficient (Wildman–Crippen LogP) is 2.19. The molecule has 0 bridgehead atoms. The van der Waals surface area contributed by atoms with E-state index < -0.39 is 5.82 Å². The summed E-state index contributed by atoms with van der Waals surface area (Å²) in [5, 5.41) is 11.1. The Bertz CT molecular complexity index is 1290. The minimum absolute atomic E-state index is 0.0548. The molecule has 0 unspecified atom stereocenters. The molecule has 0 saturated carbocycles. The van der Waals surface area contributed by atoms with Crippen molar-refractivity contribution in [1.29, 1.82) is 0 Å². The molecule has 1 aromatic carbocycles. The average Bonchev–Trinajstić information content (AvgIpc) is 3.38. The fourth-order valence-electron chi connectivity index (χ4n) is 4.87. The topological polar surface area (TPSA) is 93.6 Å². The number of fused-ring (bicyclic) bond motifs is 1. The number of rotatable bonds is 4. The molecule has 11 heteroatoms. The quantitative estimate of drug-likeness (QED) is 0.533. The molecule has 0 spiro atoms. The van der Waals surface area contributed by atoms with Gasteiger partial charge in [-0.15, -0.1) is 5.10 Å². The van der Waals surface area contributed by atoms with Gasteiger partial charge in [-0.1, -0.05) is 12.1 Å². The van der Waals surface area contributed by atoms with Crippen LogP contribution in [0.4, 0.5) is 10.1 Å². The SMILES string of the molecule is [C-]#[N+]c1c(F)ccc([C@@H]2CN3CCN(C(=O)Cc4cnc(-n5cnnn5)c(C)c4)C[C@@H]3CO2)c1C. The Morgan fingerprint density at radius 1 is 1.29 bits per heavy atom. The predicted molar refractivity (Wildman–Crippen MR) is 123 cm³/mol. The van der Waals surface area contributed by atoms with Crippen molar-refractivity contribution < 1.29 is 13.9 Å². The number of piperazine rings is 1. The molecule has 180 valence electrons. The maximum absolute atomic E-state index is 13.9. The second-order valence-electron chi connectivity index (χ2n) is 8.95. The zero-order valence-electron chi connectivity index (χ0n) is 19.6. The summed E-state index contributed by atoms with van der Waals surface area (Å²) in [6.45, 7) is 14.0. The van der Waals surface area contributed by atoms with Crippen LogP contribution in [0.5, 0.6) is 0 Å². The van der Waals surface area contributed by atoms with Gasteiger partial charge in [-0.3, -0.25) is 9.69 Å². The van der Waals surface area contributed by atoms with E-state index in [0.717, 1.165) is 23.2 Å². The molecule has 10 nitrogen and oxygen atoms in total. The van der Waals surface area contributed by atoms with Crippen LogP contribution in [0, 0.1) is 26.2 Å². The number of halogens is 1. The van der Waals surface area contributed by atoms with Crippen LogP contribution >= 0.6 is 0 Å². The largest absolute Gasteiger partial charge is 0.371 e. The molecule has 35 heavy (non-hydrogen) atoms. The number of hydrogen-bond donors (Lipinski definition) is 0. The van der Waals surface area contributed by atoms with Crippen LogP contribution in [0.15, 0.2) is 30.7 Å². The third-order valence-electron chi connectivity index (χ3n) is 6.76. The molecule has 2 aliphatic rings. The van der Waals surface area contributed by atoms with Gasteiger partial charge in [-0.25, -0.2) is 14.2 Å². The highest BCUT2D eigenvalue weighted by Gasteiger charge is 2.36. The Morgan fingerprint density at radius 2 is 2.14 bits per heavy atom. The number of benzene rings is 1. The number of amides is 1. The normalized spacial score (nSPS) is 20.3. The zero-order chi connectivity index (χ0) is 24.5. The fraction of sp³-hybridized carbons (Fsp3) is 0.417.